The van der Waals surface area contributed by atoms with Crippen LogP contribution in [0.2, 0.25) is 0 Å². The summed E-state index contributed by atoms with van der Waals surface area (Å²) < 4.78 is 4.50. The lowest BCUT2D eigenvalue weighted by atomic mass is 9.60. The summed E-state index contributed by atoms with van der Waals surface area (Å²) in [5, 5.41) is 2.67. The third-order valence-corrected chi connectivity index (χ3v) is 4.65. The first kappa shape index (κ1) is 10.8. The van der Waals surface area contributed by atoms with Crippen LogP contribution in [-0.2, 0) is 14.3 Å². The van der Waals surface area contributed by atoms with E-state index in [2.05, 4.69) is 22.2 Å². The molecule has 2 bridgehead atoms. The first-order chi connectivity index (χ1) is 8.20. The van der Waals surface area contributed by atoms with Crippen LogP contribution in [-0.4, -0.2) is 25.5 Å². The molecular formula is C13H17NO3. The molecule has 4 nitrogen and oxygen atoms in total. The molecule has 3 aliphatic rings. The van der Waals surface area contributed by atoms with Gasteiger partial charge in [-0.05, 0) is 36.5 Å². The van der Waals surface area contributed by atoms with Crippen molar-refractivity contribution in [2.45, 2.75) is 12.8 Å². The normalized spacial score (nSPS) is 40.6. The van der Waals surface area contributed by atoms with E-state index >= 15 is 0 Å². The van der Waals surface area contributed by atoms with Gasteiger partial charge >= 0.3 is 5.97 Å². The SMILES string of the molecule is COC(=O)CNC(=O)C1C[C@@H]2[C@@H]1[C@H]1C=C[C@@H]2C1. The Balaban J connectivity index is 1.55. The number of allylic oxidation sites excluding steroid dienone is 2. The molecule has 2 saturated carbocycles. The minimum atomic E-state index is -0.387. The molecule has 1 amide bonds. The molecule has 4 heteroatoms. The fraction of sp³-hybridized carbons (Fsp3) is 0.692. The number of fused-ring (bicyclic) bond motifs is 5. The first-order valence-electron chi connectivity index (χ1n) is 6.23. The Labute approximate surface area is 100 Å². The maximum absolute atomic E-state index is 11.9. The lowest BCUT2D eigenvalue weighted by molar-refractivity contribution is -0.143. The smallest absolute Gasteiger partial charge is 0.325 e. The fourth-order valence-corrected chi connectivity index (χ4v) is 3.79. The standard InChI is InChI=1S/C13H17NO3/c1-17-11(15)6-14-13(16)10-5-9-7-2-3-8(4-7)12(9)10/h2-3,7-10,12H,4-6H2,1H3,(H,14,16)/t7-,8+,9+,10?,12+/m1/s1. The molecule has 0 spiro atoms. The molecule has 0 aromatic carbocycles. The Bertz CT molecular complexity index is 390. The Kier molecular flexibility index (Phi) is 2.45. The van der Waals surface area contributed by atoms with Crippen molar-refractivity contribution >= 4 is 11.9 Å². The number of hydrogen-bond donors (Lipinski definition) is 1. The highest BCUT2D eigenvalue weighted by Crippen LogP contribution is 2.60. The van der Waals surface area contributed by atoms with Crippen molar-refractivity contribution in [2.75, 3.05) is 13.7 Å². The number of carbonyl (C=O) groups excluding carboxylic acids is 2. The molecule has 0 aliphatic heterocycles. The number of ether oxygens (including phenoxy) is 1. The molecule has 1 unspecified atom stereocenters. The zero-order valence-corrected chi connectivity index (χ0v) is 9.89. The number of nitrogens with one attached hydrogen (secondary N) is 1. The fourth-order valence-electron chi connectivity index (χ4n) is 3.79. The van der Waals surface area contributed by atoms with Crippen LogP contribution in [0, 0.1) is 29.6 Å². The van der Waals surface area contributed by atoms with E-state index in [0.717, 1.165) is 18.3 Å². The second kappa shape index (κ2) is 3.86. The molecule has 0 aromatic heterocycles. The maximum Gasteiger partial charge on any atom is 0.325 e. The molecule has 17 heavy (non-hydrogen) atoms. The zero-order chi connectivity index (χ0) is 12.0. The van der Waals surface area contributed by atoms with Crippen molar-refractivity contribution in [3.63, 3.8) is 0 Å². The third kappa shape index (κ3) is 1.58. The van der Waals surface area contributed by atoms with Crippen LogP contribution in [0.15, 0.2) is 12.2 Å². The minimum Gasteiger partial charge on any atom is -0.468 e. The van der Waals surface area contributed by atoms with Crippen molar-refractivity contribution in [2.24, 2.45) is 29.6 Å². The van der Waals surface area contributed by atoms with Gasteiger partial charge in [-0.25, -0.2) is 0 Å². The molecule has 0 aromatic rings. The predicted octanol–water partition coefficient (Wildman–Crippen LogP) is 0.734. The zero-order valence-electron chi connectivity index (χ0n) is 9.89. The number of rotatable bonds is 3. The number of esters is 1. The van der Waals surface area contributed by atoms with Crippen molar-refractivity contribution in [3.05, 3.63) is 12.2 Å². The number of carbonyl (C=O) groups is 2. The van der Waals surface area contributed by atoms with E-state index in [4.69, 9.17) is 0 Å². The summed E-state index contributed by atoms with van der Waals surface area (Å²) in [4.78, 5) is 22.9. The Morgan fingerprint density at radius 2 is 2.06 bits per heavy atom. The number of hydrogen-bond acceptors (Lipinski definition) is 3. The van der Waals surface area contributed by atoms with Crippen LogP contribution in [0.4, 0.5) is 0 Å². The van der Waals surface area contributed by atoms with Crippen LogP contribution in [0.5, 0.6) is 0 Å². The van der Waals surface area contributed by atoms with Gasteiger partial charge in [0.15, 0.2) is 0 Å². The van der Waals surface area contributed by atoms with Crippen molar-refractivity contribution in [3.8, 4) is 0 Å². The Morgan fingerprint density at radius 3 is 2.76 bits per heavy atom. The third-order valence-electron chi connectivity index (χ3n) is 4.65. The molecule has 2 fully saturated rings. The summed E-state index contributed by atoms with van der Waals surface area (Å²) in [5.41, 5.74) is 0. The van der Waals surface area contributed by atoms with Crippen LogP contribution in [0.1, 0.15) is 12.8 Å². The number of amides is 1. The average Bonchev–Trinajstić information content (AvgIpc) is 2.82. The molecular weight excluding hydrogens is 218 g/mol. The van der Waals surface area contributed by atoms with Gasteiger partial charge in [0.2, 0.25) is 5.91 Å². The lowest BCUT2D eigenvalue weighted by Gasteiger charge is -2.44. The van der Waals surface area contributed by atoms with Crippen molar-refractivity contribution in [1.82, 2.24) is 5.32 Å². The average molecular weight is 235 g/mol. The highest BCUT2D eigenvalue weighted by atomic mass is 16.5. The summed E-state index contributed by atoms with van der Waals surface area (Å²) in [6.45, 7) is -0.00679. The molecule has 92 valence electrons. The van der Waals surface area contributed by atoms with Gasteiger partial charge in [-0.15, -0.1) is 0 Å². The molecule has 0 saturated heterocycles. The summed E-state index contributed by atoms with van der Waals surface area (Å²) >= 11 is 0. The Hall–Kier alpha value is -1.32. The maximum atomic E-state index is 11.9. The summed E-state index contributed by atoms with van der Waals surface area (Å²) in [6.07, 6.45) is 6.80. The largest absolute Gasteiger partial charge is 0.468 e. The summed E-state index contributed by atoms with van der Waals surface area (Å²) in [6, 6.07) is 0. The minimum absolute atomic E-state index is 0.00679. The van der Waals surface area contributed by atoms with Gasteiger partial charge in [-0.1, -0.05) is 12.2 Å². The van der Waals surface area contributed by atoms with Crippen LogP contribution < -0.4 is 5.32 Å². The lowest BCUT2D eigenvalue weighted by Crippen LogP contribution is -2.49. The van der Waals surface area contributed by atoms with Crippen LogP contribution in [0.25, 0.3) is 0 Å². The molecule has 3 rings (SSSR count). The van der Waals surface area contributed by atoms with Gasteiger partial charge < -0.3 is 10.1 Å². The molecule has 1 N–H and O–H groups in total. The molecule has 3 aliphatic carbocycles. The van der Waals surface area contributed by atoms with Crippen LogP contribution in [0.3, 0.4) is 0 Å². The second-order valence-electron chi connectivity index (χ2n) is 5.33. The van der Waals surface area contributed by atoms with E-state index in [9.17, 15) is 9.59 Å². The predicted molar refractivity (Wildman–Crippen MR) is 60.8 cm³/mol. The van der Waals surface area contributed by atoms with Gasteiger partial charge in [0.05, 0.1) is 7.11 Å². The van der Waals surface area contributed by atoms with E-state index in [1.54, 1.807) is 0 Å². The van der Waals surface area contributed by atoms with Crippen molar-refractivity contribution in [1.29, 1.82) is 0 Å². The van der Waals surface area contributed by atoms with E-state index in [-0.39, 0.29) is 24.3 Å². The highest BCUT2D eigenvalue weighted by Gasteiger charge is 2.57. The topological polar surface area (TPSA) is 55.4 Å². The molecule has 5 atom stereocenters. The van der Waals surface area contributed by atoms with E-state index in [1.165, 1.54) is 13.5 Å². The van der Waals surface area contributed by atoms with Gasteiger partial charge in [0, 0.05) is 5.92 Å². The summed E-state index contributed by atoms with van der Waals surface area (Å²) in [5.74, 6) is 2.33. The van der Waals surface area contributed by atoms with E-state index < -0.39 is 0 Å². The van der Waals surface area contributed by atoms with Gasteiger partial charge in [0.25, 0.3) is 0 Å². The second-order valence-corrected chi connectivity index (χ2v) is 5.33. The van der Waals surface area contributed by atoms with E-state index in [1.807, 2.05) is 0 Å². The first-order valence-corrected chi connectivity index (χ1v) is 6.23. The Morgan fingerprint density at radius 1 is 1.29 bits per heavy atom. The van der Waals surface area contributed by atoms with Gasteiger partial charge in [-0.3, -0.25) is 9.59 Å². The van der Waals surface area contributed by atoms with E-state index in [0.29, 0.717) is 11.8 Å². The monoisotopic (exact) mass is 235 g/mol. The van der Waals surface area contributed by atoms with Crippen molar-refractivity contribution < 1.29 is 14.3 Å². The van der Waals surface area contributed by atoms with Gasteiger partial charge in [-0.2, -0.15) is 0 Å². The van der Waals surface area contributed by atoms with Gasteiger partial charge in [0.1, 0.15) is 6.54 Å². The molecule has 0 radical (unpaired) electrons. The van der Waals surface area contributed by atoms with Crippen LogP contribution >= 0.6 is 0 Å². The number of methoxy groups -OCH3 is 1. The highest BCUT2D eigenvalue weighted by molar-refractivity contribution is 5.84. The molecule has 0 heterocycles. The quantitative estimate of drug-likeness (QED) is 0.579. The summed E-state index contributed by atoms with van der Waals surface area (Å²) in [7, 11) is 1.33.